The zero-order valence-corrected chi connectivity index (χ0v) is 13.1. The van der Waals surface area contributed by atoms with E-state index in [1.54, 1.807) is 4.90 Å². The van der Waals surface area contributed by atoms with Crippen molar-refractivity contribution in [3.8, 4) is 0 Å². The quantitative estimate of drug-likeness (QED) is 0.625. The topological polar surface area (TPSA) is 104 Å². The van der Waals surface area contributed by atoms with Gasteiger partial charge in [-0.25, -0.2) is 0 Å². The second-order valence-corrected chi connectivity index (χ2v) is 6.29. The second-order valence-electron chi connectivity index (χ2n) is 6.29. The maximum absolute atomic E-state index is 11.3. The number of hydrogen-bond donors (Lipinski definition) is 3. The van der Waals surface area contributed by atoms with Crippen molar-refractivity contribution in [1.29, 1.82) is 0 Å². The van der Waals surface area contributed by atoms with Crippen molar-refractivity contribution in [1.82, 2.24) is 4.90 Å². The minimum absolute atomic E-state index is 0.0400. The van der Waals surface area contributed by atoms with E-state index in [9.17, 15) is 19.8 Å². The lowest BCUT2D eigenvalue weighted by Gasteiger charge is -2.21. The SMILES string of the molecule is N[C@]1(C(=O)O)C[C@H](C(=O)O)N(CCCCCc2ccccc2)C1. The Morgan fingerprint density at radius 3 is 2.48 bits per heavy atom. The van der Waals surface area contributed by atoms with Gasteiger partial charge in [0, 0.05) is 13.0 Å². The first-order chi connectivity index (χ1) is 10.9. The number of unbranched alkanes of at least 4 members (excludes halogenated alkanes) is 2. The first-order valence-electron chi connectivity index (χ1n) is 7.95. The van der Waals surface area contributed by atoms with Crippen molar-refractivity contribution in [3.63, 3.8) is 0 Å². The molecule has 1 aromatic rings. The van der Waals surface area contributed by atoms with Crippen molar-refractivity contribution in [2.75, 3.05) is 13.1 Å². The van der Waals surface area contributed by atoms with E-state index in [1.807, 2.05) is 18.2 Å². The van der Waals surface area contributed by atoms with E-state index in [0.29, 0.717) is 6.54 Å². The summed E-state index contributed by atoms with van der Waals surface area (Å²) in [6, 6.07) is 9.41. The molecule has 1 heterocycles. The minimum Gasteiger partial charge on any atom is -0.480 e. The molecule has 0 bridgehead atoms. The lowest BCUT2D eigenvalue weighted by Crippen LogP contribution is -2.50. The van der Waals surface area contributed by atoms with Gasteiger partial charge < -0.3 is 15.9 Å². The summed E-state index contributed by atoms with van der Waals surface area (Å²) in [5.41, 5.74) is 5.67. The molecule has 0 radical (unpaired) electrons. The van der Waals surface area contributed by atoms with Crippen LogP contribution >= 0.6 is 0 Å². The van der Waals surface area contributed by atoms with Gasteiger partial charge in [-0.3, -0.25) is 14.5 Å². The predicted molar refractivity (Wildman–Crippen MR) is 86.2 cm³/mol. The van der Waals surface area contributed by atoms with Crippen LogP contribution in [0.5, 0.6) is 0 Å². The van der Waals surface area contributed by atoms with Gasteiger partial charge in [0.05, 0.1) is 0 Å². The number of rotatable bonds is 8. The van der Waals surface area contributed by atoms with Crippen molar-refractivity contribution in [2.24, 2.45) is 5.73 Å². The van der Waals surface area contributed by atoms with Crippen LogP contribution in [0.3, 0.4) is 0 Å². The van der Waals surface area contributed by atoms with Crippen LogP contribution in [-0.2, 0) is 16.0 Å². The first kappa shape index (κ1) is 17.4. The lowest BCUT2D eigenvalue weighted by molar-refractivity contribution is -0.142. The van der Waals surface area contributed by atoms with Gasteiger partial charge in [-0.05, 0) is 31.4 Å². The Bertz CT molecular complexity index is 549. The molecular weight excluding hydrogens is 296 g/mol. The largest absolute Gasteiger partial charge is 0.480 e. The minimum atomic E-state index is -1.45. The number of likely N-dealkylation sites (tertiary alicyclic amines) is 1. The fraction of sp³-hybridized carbons (Fsp3) is 0.529. The Kier molecular flexibility index (Phi) is 5.74. The van der Waals surface area contributed by atoms with Crippen LogP contribution in [0.2, 0.25) is 0 Å². The highest BCUT2D eigenvalue weighted by molar-refractivity contribution is 5.83. The number of carbonyl (C=O) groups is 2. The molecule has 1 aliphatic rings. The van der Waals surface area contributed by atoms with Gasteiger partial charge in [0.2, 0.25) is 0 Å². The summed E-state index contributed by atoms with van der Waals surface area (Å²) in [4.78, 5) is 24.2. The lowest BCUT2D eigenvalue weighted by atomic mass is 9.98. The predicted octanol–water partition coefficient (Wildman–Crippen LogP) is 1.34. The molecule has 0 aromatic heterocycles. The summed E-state index contributed by atoms with van der Waals surface area (Å²) < 4.78 is 0. The van der Waals surface area contributed by atoms with E-state index in [1.165, 1.54) is 5.56 Å². The van der Waals surface area contributed by atoms with Gasteiger partial charge in [-0.2, -0.15) is 0 Å². The number of benzene rings is 1. The Balaban J connectivity index is 1.77. The molecule has 6 nitrogen and oxygen atoms in total. The first-order valence-corrected chi connectivity index (χ1v) is 7.95. The summed E-state index contributed by atoms with van der Waals surface area (Å²) in [6.45, 7) is 0.663. The molecule has 2 rings (SSSR count). The van der Waals surface area contributed by atoms with E-state index >= 15 is 0 Å². The molecule has 0 unspecified atom stereocenters. The molecule has 4 N–H and O–H groups in total. The fourth-order valence-electron chi connectivity index (χ4n) is 3.11. The summed E-state index contributed by atoms with van der Waals surface area (Å²) in [7, 11) is 0. The Morgan fingerprint density at radius 2 is 1.87 bits per heavy atom. The van der Waals surface area contributed by atoms with E-state index in [0.717, 1.165) is 25.7 Å². The number of hydrogen-bond acceptors (Lipinski definition) is 4. The monoisotopic (exact) mass is 320 g/mol. The van der Waals surface area contributed by atoms with Crippen LogP contribution in [0, 0.1) is 0 Å². The average Bonchev–Trinajstić information content (AvgIpc) is 2.87. The molecule has 1 fully saturated rings. The third kappa shape index (κ3) is 4.53. The van der Waals surface area contributed by atoms with Crippen LogP contribution in [0.1, 0.15) is 31.2 Å². The molecule has 1 saturated heterocycles. The fourth-order valence-corrected chi connectivity index (χ4v) is 3.11. The van der Waals surface area contributed by atoms with E-state index in [-0.39, 0.29) is 13.0 Å². The Labute approximate surface area is 135 Å². The number of nitrogens with two attached hydrogens (primary N) is 1. The third-order valence-corrected chi connectivity index (χ3v) is 4.45. The van der Waals surface area contributed by atoms with Gasteiger partial charge in [0.1, 0.15) is 11.6 Å². The smallest absolute Gasteiger partial charge is 0.325 e. The van der Waals surface area contributed by atoms with Crippen molar-refractivity contribution >= 4 is 11.9 Å². The van der Waals surface area contributed by atoms with Gasteiger partial charge >= 0.3 is 11.9 Å². The third-order valence-electron chi connectivity index (χ3n) is 4.45. The van der Waals surface area contributed by atoms with E-state index in [2.05, 4.69) is 12.1 Å². The van der Waals surface area contributed by atoms with Gasteiger partial charge in [-0.1, -0.05) is 36.8 Å². The molecule has 2 atom stereocenters. The number of carboxylic acids is 2. The molecule has 0 amide bonds. The molecule has 23 heavy (non-hydrogen) atoms. The summed E-state index contributed by atoms with van der Waals surface area (Å²) >= 11 is 0. The second kappa shape index (κ2) is 7.57. The van der Waals surface area contributed by atoms with Crippen LogP contribution in [0.25, 0.3) is 0 Å². The van der Waals surface area contributed by atoms with Crippen LogP contribution in [0.4, 0.5) is 0 Å². The molecule has 0 saturated carbocycles. The molecule has 0 aliphatic carbocycles. The maximum atomic E-state index is 11.3. The van der Waals surface area contributed by atoms with Crippen molar-refractivity contribution in [2.45, 2.75) is 43.7 Å². The Morgan fingerprint density at radius 1 is 1.17 bits per heavy atom. The van der Waals surface area contributed by atoms with Gasteiger partial charge in [0.15, 0.2) is 0 Å². The number of aliphatic carboxylic acids is 2. The normalized spacial score (nSPS) is 24.7. The van der Waals surface area contributed by atoms with E-state index < -0.39 is 23.5 Å². The summed E-state index contributed by atoms with van der Waals surface area (Å²) in [5, 5.41) is 18.4. The molecule has 0 spiro atoms. The molecule has 1 aromatic carbocycles. The van der Waals surface area contributed by atoms with Gasteiger partial charge in [-0.15, -0.1) is 0 Å². The molecule has 126 valence electrons. The van der Waals surface area contributed by atoms with Crippen LogP contribution in [0.15, 0.2) is 30.3 Å². The highest BCUT2D eigenvalue weighted by atomic mass is 16.4. The van der Waals surface area contributed by atoms with E-state index in [4.69, 9.17) is 5.73 Å². The van der Waals surface area contributed by atoms with Crippen molar-refractivity contribution in [3.05, 3.63) is 35.9 Å². The zero-order chi connectivity index (χ0) is 16.9. The average molecular weight is 320 g/mol. The maximum Gasteiger partial charge on any atom is 0.325 e. The number of aryl methyl sites for hydroxylation is 1. The van der Waals surface area contributed by atoms with Crippen molar-refractivity contribution < 1.29 is 19.8 Å². The van der Waals surface area contributed by atoms with Crippen LogP contribution in [-0.4, -0.2) is 51.7 Å². The molecule has 1 aliphatic heterocycles. The summed E-state index contributed by atoms with van der Waals surface area (Å²) in [6.07, 6.45) is 3.80. The highest BCUT2D eigenvalue weighted by Crippen LogP contribution is 2.26. The molecular formula is C17H24N2O4. The number of carboxylic acid groups (broad SMARTS) is 2. The Hall–Kier alpha value is -1.92. The zero-order valence-electron chi connectivity index (χ0n) is 13.1. The standard InChI is InChI=1S/C17H24N2O4/c18-17(16(22)23)11-14(15(20)21)19(12-17)10-6-2-5-9-13-7-3-1-4-8-13/h1,3-4,7-8,14H,2,5-6,9-12,18H2,(H,20,21)(H,22,23)/t14-,17-/m1/s1. The summed E-state index contributed by atoms with van der Waals surface area (Å²) in [5.74, 6) is -2.13. The van der Waals surface area contributed by atoms with Gasteiger partial charge in [0.25, 0.3) is 0 Å². The molecule has 6 heteroatoms. The number of nitrogens with zero attached hydrogens (tertiary/aromatic N) is 1. The highest BCUT2D eigenvalue weighted by Gasteiger charge is 2.49. The van der Waals surface area contributed by atoms with Crippen LogP contribution < -0.4 is 5.73 Å².